The third kappa shape index (κ3) is 11.3. The lowest BCUT2D eigenvalue weighted by Gasteiger charge is -2.21. The summed E-state index contributed by atoms with van der Waals surface area (Å²) < 4.78 is 4.92. The summed E-state index contributed by atoms with van der Waals surface area (Å²) in [4.78, 5) is 25.3. The Morgan fingerprint density at radius 2 is 1.48 bits per heavy atom. The number of amides is 1. The Hall–Kier alpha value is -1.06. The minimum absolute atomic E-state index is 0.0819. The van der Waals surface area contributed by atoms with Crippen molar-refractivity contribution >= 4 is 11.9 Å². The monoisotopic (exact) mass is 299 g/mol. The van der Waals surface area contributed by atoms with Crippen molar-refractivity contribution in [2.75, 3.05) is 19.7 Å². The van der Waals surface area contributed by atoms with Crippen LogP contribution in [0.15, 0.2) is 0 Å². The number of hydrogen-bond donors (Lipinski definition) is 0. The molecule has 4 nitrogen and oxygen atoms in total. The third-order valence-corrected chi connectivity index (χ3v) is 3.47. The van der Waals surface area contributed by atoms with E-state index in [1.165, 1.54) is 32.1 Å². The highest BCUT2D eigenvalue weighted by molar-refractivity contribution is 5.82. The van der Waals surface area contributed by atoms with Gasteiger partial charge in [-0.1, -0.05) is 52.4 Å². The lowest BCUT2D eigenvalue weighted by molar-refractivity contribution is -0.149. The number of rotatable bonds is 13. The average molecular weight is 299 g/mol. The molecule has 0 rings (SSSR count). The number of hydrogen-bond acceptors (Lipinski definition) is 3. The Morgan fingerprint density at radius 3 is 2.05 bits per heavy atom. The molecule has 0 fully saturated rings. The van der Waals surface area contributed by atoms with Crippen LogP contribution in [0.1, 0.15) is 78.6 Å². The van der Waals surface area contributed by atoms with Gasteiger partial charge in [-0.25, -0.2) is 0 Å². The second-order valence-corrected chi connectivity index (χ2v) is 5.49. The first-order valence-electron chi connectivity index (χ1n) is 8.59. The van der Waals surface area contributed by atoms with Gasteiger partial charge in [-0.05, 0) is 19.8 Å². The van der Waals surface area contributed by atoms with E-state index in [-0.39, 0.29) is 18.4 Å². The lowest BCUT2D eigenvalue weighted by atomic mass is 10.1. The second-order valence-electron chi connectivity index (χ2n) is 5.49. The van der Waals surface area contributed by atoms with Crippen molar-refractivity contribution in [1.29, 1.82) is 0 Å². The topological polar surface area (TPSA) is 46.6 Å². The molecule has 124 valence electrons. The quantitative estimate of drug-likeness (QED) is 0.382. The predicted molar refractivity (Wildman–Crippen MR) is 86.1 cm³/mol. The van der Waals surface area contributed by atoms with Crippen LogP contribution in [0.25, 0.3) is 0 Å². The molecule has 0 heterocycles. The van der Waals surface area contributed by atoms with Crippen molar-refractivity contribution in [3.63, 3.8) is 0 Å². The largest absolute Gasteiger partial charge is 0.465 e. The zero-order valence-electron chi connectivity index (χ0n) is 14.2. The lowest BCUT2D eigenvalue weighted by Crippen LogP contribution is -2.36. The van der Waals surface area contributed by atoms with Crippen molar-refractivity contribution in [1.82, 2.24) is 4.90 Å². The number of nitrogens with zero attached hydrogens (tertiary/aromatic N) is 1. The molecule has 0 saturated carbocycles. The van der Waals surface area contributed by atoms with Gasteiger partial charge in [0.15, 0.2) is 0 Å². The Labute approximate surface area is 130 Å². The summed E-state index contributed by atoms with van der Waals surface area (Å²) in [6.45, 7) is 7.10. The highest BCUT2D eigenvalue weighted by Gasteiger charge is 2.16. The van der Waals surface area contributed by atoms with Crippen LogP contribution in [0.2, 0.25) is 0 Å². The van der Waals surface area contributed by atoms with Crippen LogP contribution < -0.4 is 0 Å². The van der Waals surface area contributed by atoms with Crippen LogP contribution in [0.5, 0.6) is 0 Å². The molecule has 0 radical (unpaired) electrons. The molecule has 1 amide bonds. The van der Waals surface area contributed by atoms with Gasteiger partial charge in [-0.15, -0.1) is 0 Å². The third-order valence-electron chi connectivity index (χ3n) is 3.47. The summed E-state index contributed by atoms with van der Waals surface area (Å²) in [7, 11) is 0. The van der Waals surface area contributed by atoms with E-state index in [0.29, 0.717) is 19.6 Å². The second kappa shape index (κ2) is 13.9. The number of ether oxygens (including phenoxy) is 1. The van der Waals surface area contributed by atoms with Crippen molar-refractivity contribution in [3.05, 3.63) is 0 Å². The van der Waals surface area contributed by atoms with Crippen molar-refractivity contribution in [3.8, 4) is 0 Å². The van der Waals surface area contributed by atoms with Crippen LogP contribution >= 0.6 is 0 Å². The first-order valence-corrected chi connectivity index (χ1v) is 8.59. The van der Waals surface area contributed by atoms with Gasteiger partial charge >= 0.3 is 5.97 Å². The van der Waals surface area contributed by atoms with E-state index in [4.69, 9.17) is 4.74 Å². The molecule has 0 N–H and O–H groups in total. The van der Waals surface area contributed by atoms with Gasteiger partial charge in [0.2, 0.25) is 5.91 Å². The molecule has 0 aromatic rings. The van der Waals surface area contributed by atoms with Gasteiger partial charge in [-0.3, -0.25) is 9.59 Å². The number of unbranched alkanes of at least 4 members (excludes halogenated alkanes) is 6. The fraction of sp³-hybridized carbons (Fsp3) is 0.882. The summed E-state index contributed by atoms with van der Waals surface area (Å²) in [5, 5.41) is 0. The maximum Gasteiger partial charge on any atom is 0.325 e. The molecule has 0 spiro atoms. The fourth-order valence-corrected chi connectivity index (χ4v) is 2.32. The van der Waals surface area contributed by atoms with Gasteiger partial charge in [0.05, 0.1) is 6.61 Å². The van der Waals surface area contributed by atoms with Crippen molar-refractivity contribution < 1.29 is 14.3 Å². The summed E-state index contributed by atoms with van der Waals surface area (Å²) >= 11 is 0. The highest BCUT2D eigenvalue weighted by Crippen LogP contribution is 2.09. The molecule has 0 aliphatic heterocycles. The van der Waals surface area contributed by atoms with Crippen LogP contribution in [-0.4, -0.2) is 36.5 Å². The Morgan fingerprint density at radius 1 is 0.857 bits per heavy atom. The molecule has 0 atom stereocenters. The minimum Gasteiger partial charge on any atom is -0.465 e. The average Bonchev–Trinajstić information content (AvgIpc) is 2.46. The van der Waals surface area contributed by atoms with E-state index in [0.717, 1.165) is 19.3 Å². The molecular formula is C17H33NO3. The number of esters is 1. The van der Waals surface area contributed by atoms with Crippen molar-refractivity contribution in [2.45, 2.75) is 78.6 Å². The smallest absolute Gasteiger partial charge is 0.325 e. The van der Waals surface area contributed by atoms with Gasteiger partial charge < -0.3 is 9.64 Å². The summed E-state index contributed by atoms with van der Waals surface area (Å²) in [5.74, 6) is -0.225. The maximum atomic E-state index is 12.1. The van der Waals surface area contributed by atoms with Gasteiger partial charge in [0.25, 0.3) is 0 Å². The van der Waals surface area contributed by atoms with Crippen molar-refractivity contribution in [2.24, 2.45) is 0 Å². The molecule has 0 aliphatic carbocycles. The Kier molecular flexibility index (Phi) is 13.2. The van der Waals surface area contributed by atoms with E-state index < -0.39 is 0 Å². The first kappa shape index (κ1) is 19.9. The summed E-state index contributed by atoms with van der Waals surface area (Å²) in [6, 6.07) is 0. The standard InChI is InChI=1S/C17H33NO3/c1-4-7-8-9-10-11-12-13-16(19)18(14-5-2)15-17(20)21-6-3/h4-15H2,1-3H3. The summed E-state index contributed by atoms with van der Waals surface area (Å²) in [6.07, 6.45) is 9.79. The molecule has 0 unspecified atom stereocenters. The van der Waals surface area contributed by atoms with Gasteiger partial charge in [0, 0.05) is 13.0 Å². The predicted octanol–water partition coefficient (Wildman–Crippen LogP) is 3.93. The zero-order chi connectivity index (χ0) is 15.9. The van der Waals surface area contributed by atoms with E-state index in [1.54, 1.807) is 11.8 Å². The highest BCUT2D eigenvalue weighted by atomic mass is 16.5. The van der Waals surface area contributed by atoms with E-state index in [1.807, 2.05) is 6.92 Å². The molecular weight excluding hydrogens is 266 g/mol. The summed E-state index contributed by atoms with van der Waals surface area (Å²) in [5.41, 5.74) is 0. The molecule has 0 aromatic heterocycles. The van der Waals surface area contributed by atoms with Crippen LogP contribution in [0, 0.1) is 0 Å². The normalized spacial score (nSPS) is 10.4. The SMILES string of the molecule is CCCCCCCCCC(=O)N(CCC)CC(=O)OCC. The van der Waals surface area contributed by atoms with Gasteiger partial charge in [-0.2, -0.15) is 0 Å². The minimum atomic E-state index is -0.307. The maximum absolute atomic E-state index is 12.1. The molecule has 0 saturated heterocycles. The number of carbonyl (C=O) groups excluding carboxylic acids is 2. The molecule has 0 bridgehead atoms. The van der Waals surface area contributed by atoms with E-state index in [2.05, 4.69) is 6.92 Å². The van der Waals surface area contributed by atoms with E-state index in [9.17, 15) is 9.59 Å². The molecule has 0 aliphatic rings. The Balaban J connectivity index is 3.87. The molecule has 4 heteroatoms. The molecule has 0 aromatic carbocycles. The van der Waals surface area contributed by atoms with Crippen LogP contribution in [0.4, 0.5) is 0 Å². The zero-order valence-corrected chi connectivity index (χ0v) is 14.2. The fourth-order valence-electron chi connectivity index (χ4n) is 2.32. The van der Waals surface area contributed by atoms with Crippen LogP contribution in [0.3, 0.4) is 0 Å². The first-order chi connectivity index (χ1) is 10.2. The van der Waals surface area contributed by atoms with E-state index >= 15 is 0 Å². The van der Waals surface area contributed by atoms with Gasteiger partial charge in [0.1, 0.15) is 6.54 Å². The molecule has 21 heavy (non-hydrogen) atoms. The number of carbonyl (C=O) groups is 2. The van der Waals surface area contributed by atoms with Crippen LogP contribution in [-0.2, 0) is 14.3 Å². The Bertz CT molecular complexity index is 279.